The van der Waals surface area contributed by atoms with E-state index in [1.807, 2.05) is 23.9 Å². The van der Waals surface area contributed by atoms with Gasteiger partial charge in [-0.1, -0.05) is 0 Å². The average Bonchev–Trinajstić information content (AvgIpc) is 2.94. The summed E-state index contributed by atoms with van der Waals surface area (Å²) in [5.41, 5.74) is 2.06. The molecule has 1 aromatic carbocycles. The average molecular weight is 293 g/mol. The second-order valence-electron chi connectivity index (χ2n) is 4.74. The van der Waals surface area contributed by atoms with E-state index < -0.39 is 0 Å². The molecule has 6 heteroatoms. The molecule has 0 fully saturated rings. The molecule has 0 atom stereocenters. The Hall–Kier alpha value is -1.88. The molecule has 4 nitrogen and oxygen atoms in total. The van der Waals surface area contributed by atoms with Crippen molar-refractivity contribution in [3.8, 4) is 5.82 Å². The van der Waals surface area contributed by atoms with Crippen LogP contribution in [0, 0.1) is 12.7 Å². The zero-order chi connectivity index (χ0) is 14.3. The fourth-order valence-corrected chi connectivity index (χ4v) is 2.45. The van der Waals surface area contributed by atoms with E-state index in [9.17, 15) is 4.39 Å². The van der Waals surface area contributed by atoms with Gasteiger partial charge in [-0.05, 0) is 18.6 Å². The molecule has 0 aliphatic carbocycles. The number of benzene rings is 1. The van der Waals surface area contributed by atoms with Crippen LogP contribution in [0.2, 0.25) is 0 Å². The Morgan fingerprint density at radius 1 is 1.35 bits per heavy atom. The molecule has 104 valence electrons. The first kappa shape index (κ1) is 13.1. The molecule has 2 aromatic heterocycles. The molecule has 20 heavy (non-hydrogen) atoms. The third-order valence-electron chi connectivity index (χ3n) is 3.25. The van der Waals surface area contributed by atoms with Crippen molar-refractivity contribution in [2.45, 2.75) is 13.3 Å². The molecule has 3 rings (SSSR count). The monoisotopic (exact) mass is 292 g/mol. The van der Waals surface area contributed by atoms with E-state index in [1.165, 1.54) is 6.07 Å². The van der Waals surface area contributed by atoms with Gasteiger partial charge in [-0.2, -0.15) is 5.10 Å². The number of hydrogen-bond acceptors (Lipinski definition) is 2. The predicted molar refractivity (Wildman–Crippen MR) is 77.0 cm³/mol. The molecule has 0 saturated heterocycles. The molecule has 3 aromatic rings. The van der Waals surface area contributed by atoms with E-state index in [0.29, 0.717) is 23.4 Å². The lowest BCUT2D eigenvalue weighted by atomic mass is 10.2. The number of halogens is 2. The minimum absolute atomic E-state index is 0.249. The maximum atomic E-state index is 13.7. The van der Waals surface area contributed by atoms with Gasteiger partial charge in [-0.3, -0.25) is 9.25 Å². The molecular formula is C14H14ClFN4. The molecule has 0 saturated carbocycles. The highest BCUT2D eigenvalue weighted by Crippen LogP contribution is 2.24. The lowest BCUT2D eigenvalue weighted by Crippen LogP contribution is -2.04. The highest BCUT2D eigenvalue weighted by Gasteiger charge is 2.15. The molecule has 0 radical (unpaired) electrons. The Kier molecular flexibility index (Phi) is 3.22. The van der Waals surface area contributed by atoms with E-state index in [4.69, 9.17) is 11.6 Å². The fraction of sp³-hybridized carbons (Fsp3) is 0.286. The molecular weight excluding hydrogens is 279 g/mol. The molecule has 0 unspecified atom stereocenters. The highest BCUT2D eigenvalue weighted by molar-refractivity contribution is 6.17. The van der Waals surface area contributed by atoms with Gasteiger partial charge in [-0.15, -0.1) is 11.6 Å². The van der Waals surface area contributed by atoms with Gasteiger partial charge in [0.1, 0.15) is 11.6 Å². The van der Waals surface area contributed by atoms with E-state index in [2.05, 4.69) is 10.1 Å². The summed E-state index contributed by atoms with van der Waals surface area (Å²) in [5, 5.41) is 4.40. The quantitative estimate of drug-likeness (QED) is 0.696. The number of fused-ring (bicyclic) bond motifs is 1. The smallest absolute Gasteiger partial charge is 0.160 e. The van der Waals surface area contributed by atoms with Crippen LogP contribution in [0.3, 0.4) is 0 Å². The minimum atomic E-state index is -0.249. The lowest BCUT2D eigenvalue weighted by Gasteiger charge is -2.05. The van der Waals surface area contributed by atoms with Crippen molar-refractivity contribution in [3.63, 3.8) is 0 Å². The van der Waals surface area contributed by atoms with Gasteiger partial charge in [0, 0.05) is 37.7 Å². The molecule has 0 aliphatic rings. The van der Waals surface area contributed by atoms with E-state index in [1.54, 1.807) is 17.7 Å². The Bertz CT molecular complexity index is 775. The third kappa shape index (κ3) is 2.08. The summed E-state index contributed by atoms with van der Waals surface area (Å²) < 4.78 is 17.3. The van der Waals surface area contributed by atoms with Crippen molar-refractivity contribution in [1.82, 2.24) is 19.3 Å². The first-order valence-corrected chi connectivity index (χ1v) is 6.87. The number of aryl methyl sites for hydroxylation is 3. The molecule has 0 bridgehead atoms. The number of alkyl halides is 1. The topological polar surface area (TPSA) is 35.6 Å². The van der Waals surface area contributed by atoms with E-state index >= 15 is 0 Å². The van der Waals surface area contributed by atoms with E-state index in [0.717, 1.165) is 17.2 Å². The van der Waals surface area contributed by atoms with Crippen LogP contribution >= 0.6 is 11.6 Å². The second-order valence-corrected chi connectivity index (χ2v) is 5.12. The first-order chi connectivity index (χ1) is 9.60. The van der Waals surface area contributed by atoms with Crippen molar-refractivity contribution in [2.75, 3.05) is 5.88 Å². The Morgan fingerprint density at radius 2 is 2.15 bits per heavy atom. The summed E-state index contributed by atoms with van der Waals surface area (Å²) in [6.45, 7) is 1.74. The number of hydrogen-bond donors (Lipinski definition) is 0. The molecule has 0 amide bonds. The largest absolute Gasteiger partial charge is 0.279 e. The minimum Gasteiger partial charge on any atom is -0.279 e. The molecule has 0 spiro atoms. The van der Waals surface area contributed by atoms with Crippen LogP contribution in [0.1, 0.15) is 11.4 Å². The van der Waals surface area contributed by atoms with Gasteiger partial charge in [-0.25, -0.2) is 9.37 Å². The van der Waals surface area contributed by atoms with Gasteiger partial charge in [0.15, 0.2) is 5.82 Å². The van der Waals surface area contributed by atoms with Crippen LogP contribution < -0.4 is 0 Å². The fourth-order valence-electron chi connectivity index (χ4n) is 2.28. The van der Waals surface area contributed by atoms with Crippen molar-refractivity contribution in [2.24, 2.45) is 7.05 Å². The van der Waals surface area contributed by atoms with Gasteiger partial charge in [0.2, 0.25) is 0 Å². The molecule has 2 heterocycles. The van der Waals surface area contributed by atoms with Gasteiger partial charge >= 0.3 is 0 Å². The van der Waals surface area contributed by atoms with Crippen molar-refractivity contribution >= 4 is 22.6 Å². The lowest BCUT2D eigenvalue weighted by molar-refractivity contribution is 0.620. The van der Waals surface area contributed by atoms with Gasteiger partial charge in [0.25, 0.3) is 0 Å². The van der Waals surface area contributed by atoms with Crippen LogP contribution in [0.15, 0.2) is 24.4 Å². The van der Waals surface area contributed by atoms with Gasteiger partial charge in [0.05, 0.1) is 11.0 Å². The van der Waals surface area contributed by atoms with Crippen LogP contribution in [0.25, 0.3) is 16.9 Å². The summed E-state index contributed by atoms with van der Waals surface area (Å²) in [6.07, 6.45) is 2.47. The number of aromatic nitrogens is 4. The Balaban J connectivity index is 2.31. The van der Waals surface area contributed by atoms with Crippen molar-refractivity contribution in [1.29, 1.82) is 0 Å². The SMILES string of the molecule is Cc1cc2c(cc1F)nc(CCCl)n2-c1ccn(C)n1. The Morgan fingerprint density at radius 3 is 2.80 bits per heavy atom. The van der Waals surface area contributed by atoms with Crippen LogP contribution in [0.5, 0.6) is 0 Å². The number of rotatable bonds is 3. The zero-order valence-electron chi connectivity index (χ0n) is 11.3. The summed E-state index contributed by atoms with van der Waals surface area (Å²) >= 11 is 5.84. The number of imidazole rings is 1. The normalized spacial score (nSPS) is 11.4. The van der Waals surface area contributed by atoms with E-state index in [-0.39, 0.29) is 5.82 Å². The Labute approximate surface area is 120 Å². The van der Waals surface area contributed by atoms with Crippen LogP contribution in [-0.2, 0) is 13.5 Å². The van der Waals surface area contributed by atoms with Crippen molar-refractivity contribution in [3.05, 3.63) is 41.6 Å². The maximum Gasteiger partial charge on any atom is 0.160 e. The molecule has 0 aliphatic heterocycles. The first-order valence-electron chi connectivity index (χ1n) is 6.33. The zero-order valence-corrected chi connectivity index (χ0v) is 12.0. The highest BCUT2D eigenvalue weighted by atomic mass is 35.5. The van der Waals surface area contributed by atoms with Gasteiger partial charge < -0.3 is 0 Å². The second kappa shape index (κ2) is 4.90. The molecule has 0 N–H and O–H groups in total. The summed E-state index contributed by atoms with van der Waals surface area (Å²) in [7, 11) is 1.86. The standard InChI is InChI=1S/C14H14ClFN4/c1-9-7-12-11(8-10(9)16)17-13(3-5-15)20(12)14-4-6-19(2)18-14/h4,6-8H,3,5H2,1-2H3. The summed E-state index contributed by atoms with van der Waals surface area (Å²) in [6, 6.07) is 5.16. The maximum absolute atomic E-state index is 13.7. The third-order valence-corrected chi connectivity index (χ3v) is 3.44. The van der Waals surface area contributed by atoms with Crippen LogP contribution in [-0.4, -0.2) is 25.2 Å². The van der Waals surface area contributed by atoms with Crippen molar-refractivity contribution < 1.29 is 4.39 Å². The number of nitrogens with zero attached hydrogens (tertiary/aromatic N) is 4. The predicted octanol–water partition coefficient (Wildman–Crippen LogP) is 2.99. The summed E-state index contributed by atoms with van der Waals surface area (Å²) in [4.78, 5) is 4.48. The van der Waals surface area contributed by atoms with Crippen LogP contribution in [0.4, 0.5) is 4.39 Å². The summed E-state index contributed by atoms with van der Waals surface area (Å²) in [5.74, 6) is 1.76.